The van der Waals surface area contributed by atoms with E-state index in [0.717, 1.165) is 0 Å². The van der Waals surface area contributed by atoms with E-state index in [9.17, 15) is 29.1 Å². The highest BCUT2D eigenvalue weighted by Gasteiger charge is 2.24. The highest BCUT2D eigenvalue weighted by molar-refractivity contribution is 6.02. The van der Waals surface area contributed by atoms with Gasteiger partial charge in [0, 0.05) is 22.6 Å². The molecule has 0 saturated carbocycles. The molecule has 1 aromatic carbocycles. The van der Waals surface area contributed by atoms with Gasteiger partial charge in [-0.3, -0.25) is 4.79 Å². The smallest absolute Gasteiger partial charge is 0.346 e. The Bertz CT molecular complexity index is 1120. The summed E-state index contributed by atoms with van der Waals surface area (Å²) in [6.07, 6.45) is 3.36. The first-order chi connectivity index (χ1) is 18.0. The number of carboxylic acids is 1. The molecule has 0 aliphatic carbocycles. The second-order valence-electron chi connectivity index (χ2n) is 9.05. The van der Waals surface area contributed by atoms with Crippen LogP contribution in [0.15, 0.2) is 60.2 Å². The normalized spacial score (nSPS) is 15.2. The van der Waals surface area contributed by atoms with Gasteiger partial charge < -0.3 is 19.3 Å². The van der Waals surface area contributed by atoms with Crippen molar-refractivity contribution in [1.82, 2.24) is 0 Å². The van der Waals surface area contributed by atoms with Gasteiger partial charge in [-0.25, -0.2) is 19.2 Å². The molecule has 1 aromatic rings. The predicted octanol–water partition coefficient (Wildman–Crippen LogP) is 4.15. The molecule has 1 aliphatic heterocycles. The number of ether oxygens (including phenoxy) is 3. The number of esters is 3. The lowest BCUT2D eigenvalue weighted by Crippen LogP contribution is -2.19. The van der Waals surface area contributed by atoms with Gasteiger partial charge in [0.25, 0.3) is 0 Å². The average molecular weight is 527 g/mol. The standard InChI is InChI=1S/C29H34O9/c1-5-18(2)28(34)38-29(35)25-11-7-6-9-21(25)15-23(20(4)30)16-22(26(31)32)10-8-14-36-27(33)19(3)12-13-24-17-37-24/h6-7,9,11,16,23-24H,2-3,5,8,10,12-15,17H2,1,4H3,(H,31,32). The van der Waals surface area contributed by atoms with Crippen LogP contribution in [0.4, 0.5) is 0 Å². The van der Waals surface area contributed by atoms with Crippen LogP contribution in [-0.4, -0.2) is 54.1 Å². The number of rotatable bonds is 16. The van der Waals surface area contributed by atoms with Crippen LogP contribution < -0.4 is 0 Å². The lowest BCUT2D eigenvalue weighted by Gasteiger charge is -2.14. The third-order valence-electron chi connectivity index (χ3n) is 6.06. The molecule has 2 rings (SSSR count). The predicted molar refractivity (Wildman–Crippen MR) is 138 cm³/mol. The Morgan fingerprint density at radius 3 is 2.39 bits per heavy atom. The van der Waals surface area contributed by atoms with Crippen molar-refractivity contribution in [3.05, 3.63) is 71.3 Å². The quantitative estimate of drug-likeness (QED) is 0.111. The van der Waals surface area contributed by atoms with Crippen molar-refractivity contribution in [3.63, 3.8) is 0 Å². The number of ketones is 1. The average Bonchev–Trinajstić information content (AvgIpc) is 3.72. The fraction of sp³-hybridized carbons (Fsp3) is 0.414. The summed E-state index contributed by atoms with van der Waals surface area (Å²) in [6, 6.07) is 6.34. The molecule has 0 aromatic heterocycles. The third-order valence-corrected chi connectivity index (χ3v) is 6.06. The zero-order valence-corrected chi connectivity index (χ0v) is 21.8. The molecule has 2 atom stereocenters. The van der Waals surface area contributed by atoms with Crippen LogP contribution >= 0.6 is 0 Å². The number of hydrogen-bond acceptors (Lipinski definition) is 8. The Kier molecular flexibility index (Phi) is 11.8. The monoisotopic (exact) mass is 526 g/mol. The maximum Gasteiger partial charge on any atom is 0.346 e. The summed E-state index contributed by atoms with van der Waals surface area (Å²) in [5, 5.41) is 9.68. The lowest BCUT2D eigenvalue weighted by atomic mass is 9.90. The second-order valence-corrected chi connectivity index (χ2v) is 9.05. The van der Waals surface area contributed by atoms with E-state index in [4.69, 9.17) is 14.2 Å². The number of carbonyl (C=O) groups is 5. The van der Waals surface area contributed by atoms with Crippen LogP contribution in [0.1, 0.15) is 61.9 Å². The zero-order valence-electron chi connectivity index (χ0n) is 21.8. The molecule has 9 heteroatoms. The lowest BCUT2D eigenvalue weighted by molar-refractivity contribution is -0.139. The van der Waals surface area contributed by atoms with E-state index in [-0.39, 0.29) is 54.5 Å². The summed E-state index contributed by atoms with van der Waals surface area (Å²) >= 11 is 0. The van der Waals surface area contributed by atoms with E-state index in [0.29, 0.717) is 37.0 Å². The zero-order chi connectivity index (χ0) is 28.2. The summed E-state index contributed by atoms with van der Waals surface area (Å²) in [4.78, 5) is 60.9. The van der Waals surface area contributed by atoms with E-state index < -0.39 is 29.8 Å². The first kappa shape index (κ1) is 30.4. The largest absolute Gasteiger partial charge is 0.478 e. The molecular formula is C29H34O9. The molecule has 38 heavy (non-hydrogen) atoms. The number of carboxylic acid groups (broad SMARTS) is 1. The van der Waals surface area contributed by atoms with Gasteiger partial charge in [-0.15, -0.1) is 0 Å². The topological polar surface area (TPSA) is 137 Å². The van der Waals surface area contributed by atoms with Gasteiger partial charge in [0.15, 0.2) is 0 Å². The van der Waals surface area contributed by atoms with Crippen LogP contribution in [0.25, 0.3) is 0 Å². The van der Waals surface area contributed by atoms with Crippen LogP contribution in [0.3, 0.4) is 0 Å². The Morgan fingerprint density at radius 2 is 1.79 bits per heavy atom. The van der Waals surface area contributed by atoms with Crippen molar-refractivity contribution >= 4 is 29.7 Å². The number of hydrogen-bond donors (Lipinski definition) is 1. The van der Waals surface area contributed by atoms with Crippen molar-refractivity contribution in [3.8, 4) is 0 Å². The second kappa shape index (κ2) is 14.8. The third kappa shape index (κ3) is 9.89. The van der Waals surface area contributed by atoms with Gasteiger partial charge in [0.2, 0.25) is 0 Å². The molecule has 0 radical (unpaired) electrons. The fourth-order valence-electron chi connectivity index (χ4n) is 3.52. The summed E-state index contributed by atoms with van der Waals surface area (Å²) in [6.45, 7) is 11.0. The van der Waals surface area contributed by atoms with Crippen molar-refractivity contribution in [2.45, 2.75) is 58.5 Å². The molecular weight excluding hydrogens is 492 g/mol. The number of Topliss-reactive ketones (excluding diaryl/α,β-unsaturated/α-hetero) is 1. The maximum absolute atomic E-state index is 12.6. The van der Waals surface area contributed by atoms with E-state index in [1.807, 2.05) is 0 Å². The van der Waals surface area contributed by atoms with Gasteiger partial charge in [0.05, 0.1) is 24.9 Å². The molecule has 9 nitrogen and oxygen atoms in total. The minimum absolute atomic E-state index is 0.00110. The minimum Gasteiger partial charge on any atom is -0.478 e. The summed E-state index contributed by atoms with van der Waals surface area (Å²) in [7, 11) is 0. The van der Waals surface area contributed by atoms with Gasteiger partial charge in [0.1, 0.15) is 5.78 Å². The van der Waals surface area contributed by atoms with Crippen LogP contribution in [0, 0.1) is 5.92 Å². The van der Waals surface area contributed by atoms with Crippen molar-refractivity contribution < 1.29 is 43.3 Å². The number of aliphatic carboxylic acids is 1. The fourth-order valence-corrected chi connectivity index (χ4v) is 3.52. The summed E-state index contributed by atoms with van der Waals surface area (Å²) < 4.78 is 15.2. The van der Waals surface area contributed by atoms with Crippen LogP contribution in [0.2, 0.25) is 0 Å². The molecule has 1 fully saturated rings. The Labute approximate surface area is 222 Å². The number of benzene rings is 1. The Hall–Kier alpha value is -3.85. The van der Waals surface area contributed by atoms with E-state index in [2.05, 4.69) is 13.2 Å². The number of allylic oxidation sites excluding steroid dienone is 1. The molecule has 2 unspecified atom stereocenters. The highest BCUT2D eigenvalue weighted by Crippen LogP contribution is 2.21. The molecule has 0 bridgehead atoms. The van der Waals surface area contributed by atoms with E-state index in [1.165, 1.54) is 19.1 Å². The van der Waals surface area contributed by atoms with E-state index >= 15 is 0 Å². The summed E-state index contributed by atoms with van der Waals surface area (Å²) in [5.74, 6) is -4.58. The molecule has 204 valence electrons. The minimum atomic E-state index is -1.20. The van der Waals surface area contributed by atoms with Crippen LogP contribution in [0.5, 0.6) is 0 Å². The molecule has 1 heterocycles. The van der Waals surface area contributed by atoms with Crippen molar-refractivity contribution in [2.24, 2.45) is 5.92 Å². The summed E-state index contributed by atoms with van der Waals surface area (Å²) in [5.41, 5.74) is 0.998. The molecule has 0 amide bonds. The highest BCUT2D eigenvalue weighted by atomic mass is 16.6. The van der Waals surface area contributed by atoms with E-state index in [1.54, 1.807) is 25.1 Å². The SMILES string of the molecule is C=C(CCC1CO1)C(=O)OCCCC(=CC(Cc1ccccc1C(=O)OC(=O)C(=C)CC)C(C)=O)C(=O)O. The molecule has 0 spiro atoms. The van der Waals surface area contributed by atoms with Crippen LogP contribution in [-0.2, 0) is 39.8 Å². The number of epoxide rings is 1. The Balaban J connectivity index is 2.03. The van der Waals surface area contributed by atoms with Gasteiger partial charge in [-0.2, -0.15) is 0 Å². The maximum atomic E-state index is 12.6. The van der Waals surface area contributed by atoms with Gasteiger partial charge in [-0.1, -0.05) is 44.4 Å². The number of carbonyl (C=O) groups excluding carboxylic acids is 4. The van der Waals surface area contributed by atoms with Crippen molar-refractivity contribution in [2.75, 3.05) is 13.2 Å². The first-order valence-corrected chi connectivity index (χ1v) is 12.5. The van der Waals surface area contributed by atoms with Gasteiger partial charge in [-0.05, 0) is 57.1 Å². The molecule has 1 N–H and O–H groups in total. The Morgan fingerprint density at radius 1 is 1.11 bits per heavy atom. The van der Waals surface area contributed by atoms with Gasteiger partial charge >= 0.3 is 23.9 Å². The van der Waals surface area contributed by atoms with Crippen molar-refractivity contribution in [1.29, 1.82) is 0 Å². The molecule has 1 aliphatic rings. The first-order valence-electron chi connectivity index (χ1n) is 12.5. The molecule has 1 saturated heterocycles.